The summed E-state index contributed by atoms with van der Waals surface area (Å²) in [5.74, 6) is 1.28. The molecule has 0 amide bonds. The second kappa shape index (κ2) is 7.66. The van der Waals surface area contributed by atoms with Crippen LogP contribution >= 0.6 is 38.5 Å². The topological polar surface area (TPSA) is 42.2 Å². The van der Waals surface area contributed by atoms with Crippen LogP contribution in [0.15, 0.2) is 40.9 Å². The van der Waals surface area contributed by atoms with Crippen molar-refractivity contribution in [1.29, 1.82) is 5.26 Å². The number of benzene rings is 2. The fourth-order valence-corrected chi connectivity index (χ4v) is 3.02. The van der Waals surface area contributed by atoms with Gasteiger partial charge in [0.05, 0.1) is 21.8 Å². The summed E-state index contributed by atoms with van der Waals surface area (Å²) in [5, 5.41) is 9.03. The fourth-order valence-electron chi connectivity index (χ4n) is 1.82. The lowest BCUT2D eigenvalue weighted by Gasteiger charge is -2.14. The SMILES string of the molecule is CCOc1cc(C#N)cc(I)c1OCc1cccc(Br)c1. The minimum absolute atomic E-state index is 0.446. The maximum Gasteiger partial charge on any atom is 0.175 e. The third-order valence-corrected chi connectivity index (χ3v) is 4.01. The predicted molar refractivity (Wildman–Crippen MR) is 93.5 cm³/mol. The molecule has 2 aromatic rings. The van der Waals surface area contributed by atoms with Crippen LogP contribution in [0.25, 0.3) is 0 Å². The summed E-state index contributed by atoms with van der Waals surface area (Å²) in [4.78, 5) is 0. The van der Waals surface area contributed by atoms with Crippen LogP contribution in [0.5, 0.6) is 11.5 Å². The van der Waals surface area contributed by atoms with E-state index in [2.05, 4.69) is 44.6 Å². The predicted octanol–water partition coefficient (Wildman–Crippen LogP) is 4.90. The highest BCUT2D eigenvalue weighted by Crippen LogP contribution is 2.34. The number of nitriles is 1. The molecular weight excluding hydrogens is 445 g/mol. The van der Waals surface area contributed by atoms with Crippen molar-refractivity contribution in [2.75, 3.05) is 6.61 Å². The smallest absolute Gasteiger partial charge is 0.175 e. The second-order valence-electron chi connectivity index (χ2n) is 4.25. The van der Waals surface area contributed by atoms with Crippen LogP contribution in [0.4, 0.5) is 0 Å². The van der Waals surface area contributed by atoms with Crippen molar-refractivity contribution in [1.82, 2.24) is 0 Å². The van der Waals surface area contributed by atoms with Crippen molar-refractivity contribution in [2.45, 2.75) is 13.5 Å². The van der Waals surface area contributed by atoms with E-state index in [1.807, 2.05) is 31.2 Å². The highest BCUT2D eigenvalue weighted by Gasteiger charge is 2.12. The van der Waals surface area contributed by atoms with E-state index in [0.717, 1.165) is 13.6 Å². The molecule has 0 aliphatic carbocycles. The maximum atomic E-state index is 9.03. The molecule has 0 aromatic heterocycles. The zero-order valence-corrected chi connectivity index (χ0v) is 15.1. The van der Waals surface area contributed by atoms with Crippen LogP contribution in [0, 0.1) is 14.9 Å². The molecule has 0 saturated heterocycles. The van der Waals surface area contributed by atoms with Gasteiger partial charge in [0, 0.05) is 10.5 Å². The second-order valence-corrected chi connectivity index (χ2v) is 6.33. The molecule has 0 heterocycles. The molecule has 0 N–H and O–H groups in total. The van der Waals surface area contributed by atoms with Gasteiger partial charge in [-0.25, -0.2) is 0 Å². The van der Waals surface area contributed by atoms with Gasteiger partial charge in [-0.05, 0) is 53.3 Å². The molecule has 5 heteroatoms. The summed E-state index contributed by atoms with van der Waals surface area (Å²) in [6.45, 7) is 2.88. The molecule has 0 radical (unpaired) electrons. The Labute approximate surface area is 146 Å². The van der Waals surface area contributed by atoms with Gasteiger partial charge in [0.15, 0.2) is 11.5 Å². The monoisotopic (exact) mass is 457 g/mol. The molecule has 0 aliphatic heterocycles. The first-order chi connectivity index (χ1) is 10.1. The molecule has 3 nitrogen and oxygen atoms in total. The lowest BCUT2D eigenvalue weighted by atomic mass is 10.2. The van der Waals surface area contributed by atoms with E-state index in [1.54, 1.807) is 12.1 Å². The average Bonchev–Trinajstić information content (AvgIpc) is 2.46. The van der Waals surface area contributed by atoms with Gasteiger partial charge in [-0.2, -0.15) is 5.26 Å². The molecule has 0 fully saturated rings. The molecule has 2 rings (SSSR count). The van der Waals surface area contributed by atoms with E-state index >= 15 is 0 Å². The maximum absolute atomic E-state index is 9.03. The van der Waals surface area contributed by atoms with Gasteiger partial charge in [0.25, 0.3) is 0 Å². The van der Waals surface area contributed by atoms with Crippen LogP contribution < -0.4 is 9.47 Å². The van der Waals surface area contributed by atoms with Crippen LogP contribution in [0.1, 0.15) is 18.1 Å². The molecule has 2 aromatic carbocycles. The Morgan fingerprint density at radius 1 is 1.24 bits per heavy atom. The Morgan fingerprint density at radius 2 is 2.05 bits per heavy atom. The molecule has 0 aliphatic rings. The zero-order chi connectivity index (χ0) is 15.2. The molecule has 108 valence electrons. The summed E-state index contributed by atoms with van der Waals surface area (Å²) in [6.07, 6.45) is 0. The lowest BCUT2D eigenvalue weighted by Crippen LogP contribution is -2.02. The van der Waals surface area contributed by atoms with E-state index in [-0.39, 0.29) is 0 Å². The number of hydrogen-bond donors (Lipinski definition) is 0. The minimum atomic E-state index is 0.446. The van der Waals surface area contributed by atoms with Gasteiger partial charge < -0.3 is 9.47 Å². The summed E-state index contributed by atoms with van der Waals surface area (Å²) >= 11 is 5.60. The van der Waals surface area contributed by atoms with Gasteiger partial charge in [0.2, 0.25) is 0 Å². The Bertz CT molecular complexity index is 682. The molecule has 0 spiro atoms. The Morgan fingerprint density at radius 3 is 2.71 bits per heavy atom. The highest BCUT2D eigenvalue weighted by molar-refractivity contribution is 14.1. The van der Waals surface area contributed by atoms with Crippen LogP contribution in [0.2, 0.25) is 0 Å². The zero-order valence-electron chi connectivity index (χ0n) is 11.4. The van der Waals surface area contributed by atoms with Crippen LogP contribution in [-0.2, 0) is 6.61 Å². The number of nitrogens with zero attached hydrogens (tertiary/aromatic N) is 1. The molecule has 0 unspecified atom stereocenters. The number of hydrogen-bond acceptors (Lipinski definition) is 3. The summed E-state index contributed by atoms with van der Waals surface area (Å²) < 4.78 is 13.4. The Kier molecular flexibility index (Phi) is 5.88. The van der Waals surface area contributed by atoms with E-state index in [1.165, 1.54) is 0 Å². The van der Waals surface area contributed by atoms with Crippen molar-refractivity contribution >= 4 is 38.5 Å². The van der Waals surface area contributed by atoms with E-state index in [9.17, 15) is 0 Å². The molecular formula is C16H13BrINO2. The fraction of sp³-hybridized carbons (Fsp3) is 0.188. The van der Waals surface area contributed by atoms with Gasteiger partial charge in [-0.1, -0.05) is 28.1 Å². The van der Waals surface area contributed by atoms with Crippen molar-refractivity contribution < 1.29 is 9.47 Å². The van der Waals surface area contributed by atoms with Gasteiger partial charge in [-0.3, -0.25) is 0 Å². The largest absolute Gasteiger partial charge is 0.490 e. The molecule has 0 bridgehead atoms. The van der Waals surface area contributed by atoms with Crippen molar-refractivity contribution in [3.05, 3.63) is 55.6 Å². The van der Waals surface area contributed by atoms with Gasteiger partial charge >= 0.3 is 0 Å². The quantitative estimate of drug-likeness (QED) is 0.599. The summed E-state index contributed by atoms with van der Waals surface area (Å²) in [6, 6.07) is 13.6. The first-order valence-corrected chi connectivity index (χ1v) is 8.25. The third-order valence-electron chi connectivity index (χ3n) is 2.71. The highest BCUT2D eigenvalue weighted by atomic mass is 127. The summed E-state index contributed by atoms with van der Waals surface area (Å²) in [7, 11) is 0. The normalized spacial score (nSPS) is 10.0. The number of ether oxygens (including phenoxy) is 2. The van der Waals surface area contributed by atoms with Crippen LogP contribution in [0.3, 0.4) is 0 Å². The van der Waals surface area contributed by atoms with Crippen molar-refractivity contribution in [3.8, 4) is 17.6 Å². The summed E-state index contributed by atoms with van der Waals surface area (Å²) in [5.41, 5.74) is 1.63. The van der Waals surface area contributed by atoms with Crippen molar-refractivity contribution in [3.63, 3.8) is 0 Å². The van der Waals surface area contributed by atoms with E-state index in [4.69, 9.17) is 14.7 Å². The van der Waals surface area contributed by atoms with Gasteiger partial charge in [0.1, 0.15) is 6.61 Å². The first-order valence-electron chi connectivity index (χ1n) is 6.37. The van der Waals surface area contributed by atoms with E-state index < -0.39 is 0 Å². The van der Waals surface area contributed by atoms with Crippen LogP contribution in [-0.4, -0.2) is 6.61 Å². The third kappa shape index (κ3) is 4.35. The molecule has 0 saturated carbocycles. The first kappa shape index (κ1) is 16.1. The Hall–Kier alpha value is -1.26. The lowest BCUT2D eigenvalue weighted by molar-refractivity contribution is 0.267. The van der Waals surface area contributed by atoms with Crippen molar-refractivity contribution in [2.24, 2.45) is 0 Å². The Balaban J connectivity index is 2.24. The molecule has 0 atom stereocenters. The average molecular weight is 458 g/mol. The molecule has 21 heavy (non-hydrogen) atoms. The number of halogens is 2. The number of rotatable bonds is 5. The standard InChI is InChI=1S/C16H13BrINO2/c1-2-20-15-8-12(9-19)7-14(18)16(15)21-10-11-4-3-5-13(17)6-11/h3-8H,2,10H2,1H3. The minimum Gasteiger partial charge on any atom is -0.490 e. The van der Waals surface area contributed by atoms with Gasteiger partial charge in [-0.15, -0.1) is 0 Å². The van der Waals surface area contributed by atoms with E-state index in [0.29, 0.717) is 30.3 Å².